The van der Waals surface area contributed by atoms with Crippen molar-refractivity contribution in [1.82, 2.24) is 14.9 Å². The molecule has 3 heterocycles. The number of H-pyrrole nitrogens is 1. The van der Waals surface area contributed by atoms with Crippen molar-refractivity contribution in [1.29, 1.82) is 0 Å². The largest absolute Gasteiger partial charge is 0.376 e. The first-order chi connectivity index (χ1) is 11.0. The SMILES string of the molecule is Cc1nc2sc(C(=O)N(C)CC3COCCO3)c(C)c2c(=O)[nH]1. The third kappa shape index (κ3) is 3.15. The fraction of sp³-hybridized carbons (Fsp3) is 0.533. The molecule has 1 amide bonds. The summed E-state index contributed by atoms with van der Waals surface area (Å²) in [7, 11) is 1.73. The topological polar surface area (TPSA) is 84.5 Å². The summed E-state index contributed by atoms with van der Waals surface area (Å²) in [5, 5.41) is 0.495. The zero-order chi connectivity index (χ0) is 16.6. The van der Waals surface area contributed by atoms with Crippen LogP contribution in [0.15, 0.2) is 4.79 Å². The van der Waals surface area contributed by atoms with Crippen LogP contribution >= 0.6 is 11.3 Å². The van der Waals surface area contributed by atoms with E-state index in [1.807, 2.05) is 0 Å². The van der Waals surface area contributed by atoms with Crippen molar-refractivity contribution >= 4 is 27.5 Å². The first-order valence-electron chi connectivity index (χ1n) is 7.42. The second-order valence-electron chi connectivity index (χ2n) is 5.64. The summed E-state index contributed by atoms with van der Waals surface area (Å²) < 4.78 is 10.9. The minimum Gasteiger partial charge on any atom is -0.376 e. The zero-order valence-electron chi connectivity index (χ0n) is 13.3. The third-order valence-electron chi connectivity index (χ3n) is 3.82. The lowest BCUT2D eigenvalue weighted by Crippen LogP contribution is -2.40. The van der Waals surface area contributed by atoms with E-state index in [9.17, 15) is 9.59 Å². The molecule has 1 atom stereocenters. The monoisotopic (exact) mass is 337 g/mol. The van der Waals surface area contributed by atoms with Gasteiger partial charge in [0.2, 0.25) is 0 Å². The van der Waals surface area contributed by atoms with Crippen molar-refractivity contribution < 1.29 is 14.3 Å². The predicted molar refractivity (Wildman–Crippen MR) is 87.2 cm³/mol. The molecule has 8 heteroatoms. The Morgan fingerprint density at radius 2 is 2.22 bits per heavy atom. The Bertz CT molecular complexity index is 792. The maximum absolute atomic E-state index is 12.7. The van der Waals surface area contributed by atoms with E-state index >= 15 is 0 Å². The number of carbonyl (C=O) groups excluding carboxylic acids is 1. The van der Waals surface area contributed by atoms with Crippen LogP contribution in [-0.4, -0.2) is 60.3 Å². The van der Waals surface area contributed by atoms with E-state index in [0.717, 1.165) is 0 Å². The number of fused-ring (bicyclic) bond motifs is 1. The Morgan fingerprint density at radius 3 is 2.91 bits per heavy atom. The highest BCUT2D eigenvalue weighted by molar-refractivity contribution is 7.20. The number of nitrogens with one attached hydrogen (secondary N) is 1. The highest BCUT2D eigenvalue weighted by Gasteiger charge is 2.24. The minimum atomic E-state index is -0.202. The maximum atomic E-state index is 12.7. The molecule has 7 nitrogen and oxygen atoms in total. The van der Waals surface area contributed by atoms with Gasteiger partial charge in [-0.1, -0.05) is 0 Å². The van der Waals surface area contributed by atoms with Gasteiger partial charge in [-0.3, -0.25) is 9.59 Å². The van der Waals surface area contributed by atoms with Crippen molar-refractivity contribution in [3.8, 4) is 0 Å². The molecule has 3 rings (SSSR count). The molecule has 1 aliphatic rings. The van der Waals surface area contributed by atoms with E-state index in [0.29, 0.717) is 52.8 Å². The van der Waals surface area contributed by atoms with Crippen molar-refractivity contribution in [3.05, 3.63) is 26.6 Å². The Balaban J connectivity index is 1.87. The van der Waals surface area contributed by atoms with Crippen LogP contribution in [0.3, 0.4) is 0 Å². The van der Waals surface area contributed by atoms with E-state index in [2.05, 4.69) is 9.97 Å². The molecule has 0 aromatic carbocycles. The molecule has 0 radical (unpaired) electrons. The maximum Gasteiger partial charge on any atom is 0.264 e. The molecule has 1 unspecified atom stereocenters. The number of aromatic nitrogens is 2. The van der Waals surface area contributed by atoms with Crippen molar-refractivity contribution in [2.75, 3.05) is 33.4 Å². The molecule has 2 aromatic rings. The molecule has 2 aromatic heterocycles. The van der Waals surface area contributed by atoms with E-state index in [-0.39, 0.29) is 17.6 Å². The van der Waals surface area contributed by atoms with Crippen LogP contribution in [0.25, 0.3) is 10.2 Å². The lowest BCUT2D eigenvalue weighted by molar-refractivity contribution is -0.0933. The Labute approximate surface area is 137 Å². The average molecular weight is 337 g/mol. The molecule has 1 fully saturated rings. The molecule has 23 heavy (non-hydrogen) atoms. The molecular formula is C15H19N3O4S. The number of carbonyl (C=O) groups is 1. The number of aromatic amines is 1. The van der Waals surface area contributed by atoms with E-state index in [4.69, 9.17) is 9.47 Å². The number of rotatable bonds is 3. The highest BCUT2D eigenvalue weighted by Crippen LogP contribution is 2.28. The molecular weight excluding hydrogens is 318 g/mol. The zero-order valence-corrected chi connectivity index (χ0v) is 14.2. The van der Waals surface area contributed by atoms with Crippen molar-refractivity contribution in [3.63, 3.8) is 0 Å². The van der Waals surface area contributed by atoms with Gasteiger partial charge >= 0.3 is 0 Å². The molecule has 124 valence electrons. The first-order valence-corrected chi connectivity index (χ1v) is 8.24. The number of nitrogens with zero attached hydrogens (tertiary/aromatic N) is 2. The summed E-state index contributed by atoms with van der Waals surface area (Å²) >= 11 is 1.26. The van der Waals surface area contributed by atoms with Gasteiger partial charge in [-0.25, -0.2) is 4.98 Å². The third-order valence-corrected chi connectivity index (χ3v) is 5.00. The number of thiophene rings is 1. The summed E-state index contributed by atoms with van der Waals surface area (Å²) in [6, 6.07) is 0. The van der Waals surface area contributed by atoms with Crippen molar-refractivity contribution in [2.24, 2.45) is 0 Å². The standard InChI is InChI=1S/C15H19N3O4S/c1-8-11-13(19)16-9(2)17-14(11)23-12(8)15(20)18(3)6-10-7-21-4-5-22-10/h10H,4-7H2,1-3H3,(H,16,17,19). The van der Waals surface area contributed by atoms with Gasteiger partial charge in [0.15, 0.2) is 0 Å². The second-order valence-corrected chi connectivity index (χ2v) is 6.64. The molecule has 0 saturated carbocycles. The Kier molecular flexibility index (Phi) is 4.47. The normalized spacial score (nSPS) is 18.3. The number of ether oxygens (including phenoxy) is 2. The summed E-state index contributed by atoms with van der Waals surface area (Å²) in [4.78, 5) is 34.5. The van der Waals surface area contributed by atoms with Crippen LogP contribution in [0.5, 0.6) is 0 Å². The second kappa shape index (κ2) is 6.38. The summed E-state index contributed by atoms with van der Waals surface area (Å²) in [5.41, 5.74) is 0.475. The number of aryl methyl sites for hydroxylation is 2. The van der Waals surface area contributed by atoms with E-state index in [1.165, 1.54) is 11.3 Å². The van der Waals surface area contributed by atoms with E-state index in [1.54, 1.807) is 25.8 Å². The Morgan fingerprint density at radius 1 is 1.43 bits per heavy atom. The van der Waals surface area contributed by atoms with Crippen LogP contribution in [0.4, 0.5) is 0 Å². The van der Waals surface area contributed by atoms with Crippen molar-refractivity contribution in [2.45, 2.75) is 20.0 Å². The van der Waals surface area contributed by atoms with Crippen LogP contribution < -0.4 is 5.56 Å². The van der Waals surface area contributed by atoms with Gasteiger partial charge in [-0.2, -0.15) is 0 Å². The lowest BCUT2D eigenvalue weighted by Gasteiger charge is -2.27. The molecule has 1 aliphatic heterocycles. The highest BCUT2D eigenvalue weighted by atomic mass is 32.1. The predicted octanol–water partition coefficient (Wildman–Crippen LogP) is 1.09. The van der Waals surface area contributed by atoms with Crippen LogP contribution in [-0.2, 0) is 9.47 Å². The molecule has 1 saturated heterocycles. The van der Waals surface area contributed by atoms with E-state index < -0.39 is 0 Å². The van der Waals surface area contributed by atoms with Gasteiger partial charge in [0.05, 0.1) is 36.2 Å². The van der Waals surface area contributed by atoms with Crippen LogP contribution in [0.1, 0.15) is 21.1 Å². The number of hydrogen-bond donors (Lipinski definition) is 1. The smallest absolute Gasteiger partial charge is 0.264 e. The average Bonchev–Trinajstić information content (AvgIpc) is 2.84. The molecule has 0 spiro atoms. The van der Waals surface area contributed by atoms with Gasteiger partial charge in [0.1, 0.15) is 10.7 Å². The molecule has 0 aliphatic carbocycles. The lowest BCUT2D eigenvalue weighted by atomic mass is 10.2. The van der Waals surface area contributed by atoms with Crippen LogP contribution in [0.2, 0.25) is 0 Å². The fourth-order valence-corrected chi connectivity index (χ4v) is 3.88. The Hall–Kier alpha value is -1.77. The van der Waals surface area contributed by atoms with Gasteiger partial charge in [0.25, 0.3) is 11.5 Å². The fourth-order valence-electron chi connectivity index (χ4n) is 2.66. The summed E-state index contributed by atoms with van der Waals surface area (Å²) in [5.74, 6) is 0.417. The first kappa shape index (κ1) is 16.1. The van der Waals surface area contributed by atoms with Gasteiger partial charge in [-0.15, -0.1) is 11.3 Å². The number of amides is 1. The number of likely N-dealkylation sites (N-methyl/N-ethyl adjacent to an activating group) is 1. The summed E-state index contributed by atoms with van der Waals surface area (Å²) in [6.45, 7) is 5.60. The molecule has 0 bridgehead atoms. The molecule has 1 N–H and O–H groups in total. The number of hydrogen-bond acceptors (Lipinski definition) is 6. The van der Waals surface area contributed by atoms with Crippen LogP contribution in [0, 0.1) is 13.8 Å². The minimum absolute atomic E-state index is 0.115. The summed E-state index contributed by atoms with van der Waals surface area (Å²) in [6.07, 6.45) is -0.115. The van der Waals surface area contributed by atoms with Gasteiger partial charge < -0.3 is 19.4 Å². The quantitative estimate of drug-likeness (QED) is 0.906. The van der Waals surface area contributed by atoms with Gasteiger partial charge in [0, 0.05) is 13.6 Å². The van der Waals surface area contributed by atoms with Gasteiger partial charge in [-0.05, 0) is 19.4 Å².